The zero-order valence-electron chi connectivity index (χ0n) is 26.7. The van der Waals surface area contributed by atoms with Crippen molar-refractivity contribution in [2.24, 2.45) is 23.2 Å². The molecular formula is C38H37N3O7S. The summed E-state index contributed by atoms with van der Waals surface area (Å²) < 4.78 is 0.864. The van der Waals surface area contributed by atoms with Crippen LogP contribution in [0.1, 0.15) is 85.5 Å². The minimum Gasteiger partial charge on any atom is -0.478 e. The Hall–Kier alpha value is -5.03. The summed E-state index contributed by atoms with van der Waals surface area (Å²) in [5, 5.41) is 30.3. The van der Waals surface area contributed by atoms with Gasteiger partial charge in [0.15, 0.2) is 0 Å². The minimum atomic E-state index is -1.36. The molecular weight excluding hydrogens is 642 g/mol. The van der Waals surface area contributed by atoms with Crippen LogP contribution < -0.4 is 16.0 Å². The van der Waals surface area contributed by atoms with Crippen LogP contribution in [0.5, 0.6) is 0 Å². The number of anilines is 1. The summed E-state index contributed by atoms with van der Waals surface area (Å²) in [6.07, 6.45) is 7.39. The summed E-state index contributed by atoms with van der Waals surface area (Å²) >= 11 is 1.47. The summed E-state index contributed by atoms with van der Waals surface area (Å²) in [4.78, 5) is 65.0. The fourth-order valence-electron chi connectivity index (χ4n) is 8.73. The van der Waals surface area contributed by atoms with E-state index >= 15 is 0 Å². The number of carbonyl (C=O) groups is 5. The van der Waals surface area contributed by atoms with E-state index in [2.05, 4.69) is 16.0 Å². The first-order valence-corrected chi connectivity index (χ1v) is 17.5. The second-order valence-electron chi connectivity index (χ2n) is 14.1. The quantitative estimate of drug-likeness (QED) is 0.126. The summed E-state index contributed by atoms with van der Waals surface area (Å²) in [6.45, 7) is 0.575. The number of carbonyl (C=O) groups excluding carboxylic acids is 3. The lowest BCUT2D eigenvalue weighted by Crippen LogP contribution is -2.51. The normalized spacial score (nSPS) is 22.7. The number of nitrogens with one attached hydrogen (secondary N) is 3. The largest absolute Gasteiger partial charge is 0.478 e. The minimum absolute atomic E-state index is 0.0425. The number of carboxylic acids is 2. The Kier molecular flexibility index (Phi) is 8.70. The van der Waals surface area contributed by atoms with Gasteiger partial charge in [-0.05, 0) is 114 Å². The molecule has 0 radical (unpaired) electrons. The Morgan fingerprint density at radius 1 is 0.776 bits per heavy atom. The van der Waals surface area contributed by atoms with E-state index < -0.39 is 29.8 Å². The molecule has 0 aliphatic heterocycles. The van der Waals surface area contributed by atoms with Gasteiger partial charge in [-0.15, -0.1) is 11.3 Å². The predicted molar refractivity (Wildman–Crippen MR) is 185 cm³/mol. The Morgan fingerprint density at radius 3 is 2.00 bits per heavy atom. The summed E-state index contributed by atoms with van der Waals surface area (Å²) in [5.74, 6) is -2.12. The van der Waals surface area contributed by atoms with Crippen molar-refractivity contribution in [1.29, 1.82) is 0 Å². The molecule has 11 heteroatoms. The second-order valence-corrected chi connectivity index (χ2v) is 15.0. The molecule has 4 fully saturated rings. The molecule has 8 rings (SSSR count). The average Bonchev–Trinajstić information content (AvgIpc) is 3.54. The molecule has 1 heterocycles. The van der Waals surface area contributed by atoms with Crippen LogP contribution in [-0.2, 0) is 11.2 Å². The predicted octanol–water partition coefficient (Wildman–Crippen LogP) is 6.22. The summed E-state index contributed by atoms with van der Waals surface area (Å²) in [7, 11) is 0. The molecule has 10 nitrogen and oxygen atoms in total. The second kappa shape index (κ2) is 13.1. The number of thiophene rings is 1. The first-order valence-electron chi connectivity index (χ1n) is 16.6. The van der Waals surface area contributed by atoms with E-state index in [0.29, 0.717) is 6.54 Å². The molecule has 1 aromatic heterocycles. The smallest absolute Gasteiger partial charge is 0.335 e. The monoisotopic (exact) mass is 679 g/mol. The number of rotatable bonds is 11. The van der Waals surface area contributed by atoms with Gasteiger partial charge in [-0.2, -0.15) is 0 Å². The van der Waals surface area contributed by atoms with Crippen molar-refractivity contribution in [1.82, 2.24) is 10.6 Å². The van der Waals surface area contributed by atoms with Gasteiger partial charge in [-0.1, -0.05) is 30.3 Å². The van der Waals surface area contributed by atoms with Crippen LogP contribution in [0, 0.1) is 23.2 Å². The van der Waals surface area contributed by atoms with E-state index in [1.165, 1.54) is 30.6 Å². The van der Waals surface area contributed by atoms with E-state index in [-0.39, 0.29) is 45.7 Å². The van der Waals surface area contributed by atoms with Gasteiger partial charge in [0.25, 0.3) is 11.8 Å². The highest BCUT2D eigenvalue weighted by Crippen LogP contribution is 2.59. The van der Waals surface area contributed by atoms with Crippen LogP contribution in [0.4, 0.5) is 5.69 Å². The number of aromatic carboxylic acids is 2. The molecule has 3 aromatic carbocycles. The third kappa shape index (κ3) is 6.94. The average molecular weight is 680 g/mol. The summed E-state index contributed by atoms with van der Waals surface area (Å²) in [5.41, 5.74) is 0.558. The third-order valence-electron chi connectivity index (χ3n) is 10.5. The Morgan fingerprint density at radius 2 is 1.39 bits per heavy atom. The van der Waals surface area contributed by atoms with Crippen LogP contribution in [0.2, 0.25) is 0 Å². The van der Waals surface area contributed by atoms with Gasteiger partial charge in [0.05, 0.1) is 22.3 Å². The Balaban J connectivity index is 1.15. The number of fused-ring (bicyclic) bond motifs is 1. The van der Waals surface area contributed by atoms with Gasteiger partial charge in [-0.25, -0.2) is 9.59 Å². The lowest BCUT2D eigenvalue weighted by Gasteiger charge is -2.56. The standard InChI is InChI=1S/C38H37N3O7S/c42-33(39-20-38-17-22-8-23(18-38)10-24(9-22)19-38)30-16-32-25(6-7-49-32)15-29(30)34(43)41-31(11-21-4-2-1-3-5-21)35(44)40-28-13-26(36(45)46)12-27(14-28)37(47)48/h1-7,12-16,22-24,31H,8-11,17-20H2,(H,39,42)(H,40,44)(H,41,43)(H,45,46)(H,47,48)/t22?,23?,24?,31-,38?/m0/s1. The number of benzene rings is 3. The highest BCUT2D eigenvalue weighted by molar-refractivity contribution is 7.17. The number of amides is 3. The van der Waals surface area contributed by atoms with Crippen LogP contribution in [0.3, 0.4) is 0 Å². The molecule has 0 spiro atoms. The molecule has 3 amide bonds. The van der Waals surface area contributed by atoms with Crippen molar-refractivity contribution in [3.8, 4) is 0 Å². The number of hydrogen-bond donors (Lipinski definition) is 5. The Bertz CT molecular complexity index is 1900. The van der Waals surface area contributed by atoms with Gasteiger partial charge >= 0.3 is 11.9 Å². The molecule has 4 bridgehead atoms. The van der Waals surface area contributed by atoms with Crippen LogP contribution in [-0.4, -0.2) is 52.5 Å². The number of hydrogen-bond acceptors (Lipinski definition) is 6. The van der Waals surface area contributed by atoms with E-state index in [0.717, 1.165) is 70.9 Å². The molecule has 4 aliphatic rings. The SMILES string of the molecule is O=C(O)c1cc(NC(=O)[C@H](Cc2ccccc2)NC(=O)c2cc3ccsc3cc2C(=O)NCC23CC4CC(CC(C4)C2)C3)cc(C(=O)O)c1. The zero-order valence-corrected chi connectivity index (χ0v) is 27.6. The first kappa shape index (κ1) is 32.5. The summed E-state index contributed by atoms with van der Waals surface area (Å²) in [6, 6.07) is 16.5. The molecule has 5 N–H and O–H groups in total. The maximum absolute atomic E-state index is 14.1. The van der Waals surface area contributed by atoms with Crippen molar-refractivity contribution in [3.63, 3.8) is 0 Å². The van der Waals surface area contributed by atoms with Gasteiger partial charge in [0.1, 0.15) is 6.04 Å². The zero-order chi connectivity index (χ0) is 34.3. The third-order valence-corrected chi connectivity index (χ3v) is 11.3. The van der Waals surface area contributed by atoms with E-state index in [9.17, 15) is 34.2 Å². The van der Waals surface area contributed by atoms with Gasteiger partial charge < -0.3 is 26.2 Å². The topological polar surface area (TPSA) is 162 Å². The molecule has 0 unspecified atom stereocenters. The van der Waals surface area contributed by atoms with Crippen molar-refractivity contribution in [2.45, 2.75) is 51.0 Å². The maximum atomic E-state index is 14.1. The van der Waals surface area contributed by atoms with Crippen LogP contribution in [0.25, 0.3) is 10.1 Å². The van der Waals surface area contributed by atoms with Crippen molar-refractivity contribution in [3.05, 3.63) is 99.9 Å². The van der Waals surface area contributed by atoms with Crippen molar-refractivity contribution >= 4 is 56.8 Å². The molecule has 4 aliphatic carbocycles. The number of carboxylic acid groups (broad SMARTS) is 2. The molecule has 49 heavy (non-hydrogen) atoms. The van der Waals surface area contributed by atoms with Gasteiger partial charge in [0, 0.05) is 23.4 Å². The van der Waals surface area contributed by atoms with E-state index in [4.69, 9.17) is 0 Å². The Labute approximate surface area is 286 Å². The highest BCUT2D eigenvalue weighted by Gasteiger charge is 2.50. The van der Waals surface area contributed by atoms with E-state index in [1.54, 1.807) is 36.4 Å². The van der Waals surface area contributed by atoms with Crippen LogP contribution in [0.15, 0.2) is 72.1 Å². The molecule has 252 valence electrons. The van der Waals surface area contributed by atoms with Crippen molar-refractivity contribution < 1.29 is 34.2 Å². The van der Waals surface area contributed by atoms with Gasteiger partial charge in [0.2, 0.25) is 5.91 Å². The lowest BCUT2D eigenvalue weighted by atomic mass is 9.49. The molecule has 4 aromatic rings. The fourth-order valence-corrected chi connectivity index (χ4v) is 9.54. The molecule has 0 saturated heterocycles. The fraction of sp³-hybridized carbons (Fsp3) is 0.342. The van der Waals surface area contributed by atoms with Crippen LogP contribution >= 0.6 is 11.3 Å². The maximum Gasteiger partial charge on any atom is 0.335 e. The first-order chi connectivity index (χ1) is 23.5. The highest BCUT2D eigenvalue weighted by atomic mass is 32.1. The van der Waals surface area contributed by atoms with Crippen molar-refractivity contribution in [2.75, 3.05) is 11.9 Å². The van der Waals surface area contributed by atoms with E-state index in [1.807, 2.05) is 17.5 Å². The molecule has 4 saturated carbocycles. The molecule has 1 atom stereocenters. The lowest BCUT2D eigenvalue weighted by molar-refractivity contribution is -0.118. The van der Waals surface area contributed by atoms with Gasteiger partial charge in [-0.3, -0.25) is 14.4 Å².